The molecule has 2 N–H and O–H groups in total. The quantitative estimate of drug-likeness (QED) is 0.870. The SMILES string of the molecule is CN(Cc1ccc(Br)c(N)c1)C1CCSC1. The molecule has 2 nitrogen and oxygen atoms in total. The van der Waals surface area contributed by atoms with Gasteiger partial charge in [-0.2, -0.15) is 11.8 Å². The zero-order valence-corrected chi connectivity index (χ0v) is 11.9. The monoisotopic (exact) mass is 300 g/mol. The molecule has 1 heterocycles. The topological polar surface area (TPSA) is 29.3 Å². The highest BCUT2D eigenvalue weighted by Crippen LogP contribution is 2.24. The number of nitrogens with zero attached hydrogens (tertiary/aromatic N) is 1. The van der Waals surface area contributed by atoms with Gasteiger partial charge in [-0.25, -0.2) is 0 Å². The van der Waals surface area contributed by atoms with E-state index in [1.807, 2.05) is 6.07 Å². The van der Waals surface area contributed by atoms with Crippen LogP contribution in [0.2, 0.25) is 0 Å². The van der Waals surface area contributed by atoms with Crippen LogP contribution in [0, 0.1) is 0 Å². The van der Waals surface area contributed by atoms with Crippen molar-refractivity contribution in [3.05, 3.63) is 28.2 Å². The number of halogens is 1. The molecule has 88 valence electrons. The number of thioether (sulfide) groups is 1. The van der Waals surface area contributed by atoms with Crippen LogP contribution in [0.3, 0.4) is 0 Å². The molecular formula is C12H17BrN2S. The number of benzene rings is 1. The normalized spacial score (nSPS) is 20.6. The highest BCUT2D eigenvalue weighted by Gasteiger charge is 2.19. The van der Waals surface area contributed by atoms with Gasteiger partial charge in [0.2, 0.25) is 0 Å². The number of nitrogen functional groups attached to an aromatic ring is 1. The van der Waals surface area contributed by atoms with Crippen molar-refractivity contribution in [3.63, 3.8) is 0 Å². The van der Waals surface area contributed by atoms with Crippen LogP contribution >= 0.6 is 27.7 Å². The Labute approximate surface area is 110 Å². The summed E-state index contributed by atoms with van der Waals surface area (Å²) in [6, 6.07) is 6.96. The van der Waals surface area contributed by atoms with Crippen molar-refractivity contribution in [3.8, 4) is 0 Å². The molecule has 1 aromatic rings. The van der Waals surface area contributed by atoms with Crippen LogP contribution in [0.15, 0.2) is 22.7 Å². The molecule has 1 unspecified atom stereocenters. The summed E-state index contributed by atoms with van der Waals surface area (Å²) in [4.78, 5) is 2.43. The summed E-state index contributed by atoms with van der Waals surface area (Å²) in [5.41, 5.74) is 8.00. The van der Waals surface area contributed by atoms with Gasteiger partial charge in [0.1, 0.15) is 0 Å². The van der Waals surface area contributed by atoms with Gasteiger partial charge < -0.3 is 5.73 Å². The van der Waals surface area contributed by atoms with Crippen molar-refractivity contribution in [1.82, 2.24) is 4.90 Å². The lowest BCUT2D eigenvalue weighted by Crippen LogP contribution is -2.30. The van der Waals surface area contributed by atoms with Crippen LogP contribution in [0.25, 0.3) is 0 Å². The Hall–Kier alpha value is -0.190. The van der Waals surface area contributed by atoms with Crippen molar-refractivity contribution in [2.24, 2.45) is 0 Å². The predicted octanol–water partition coefficient (Wildman–Crippen LogP) is 2.97. The molecule has 1 saturated heterocycles. The second kappa shape index (κ2) is 5.43. The molecule has 0 bridgehead atoms. The lowest BCUT2D eigenvalue weighted by molar-refractivity contribution is 0.254. The van der Waals surface area contributed by atoms with Gasteiger partial charge in [-0.05, 0) is 52.8 Å². The maximum atomic E-state index is 5.88. The Morgan fingerprint density at radius 1 is 1.56 bits per heavy atom. The Balaban J connectivity index is 1.99. The molecule has 2 rings (SSSR count). The van der Waals surface area contributed by atoms with Gasteiger partial charge in [0.25, 0.3) is 0 Å². The summed E-state index contributed by atoms with van der Waals surface area (Å²) >= 11 is 5.47. The lowest BCUT2D eigenvalue weighted by atomic mass is 10.1. The van der Waals surface area contributed by atoms with Gasteiger partial charge in [-0.1, -0.05) is 6.07 Å². The van der Waals surface area contributed by atoms with Gasteiger partial charge in [0.15, 0.2) is 0 Å². The van der Waals surface area contributed by atoms with Crippen molar-refractivity contribution in [1.29, 1.82) is 0 Å². The van der Waals surface area contributed by atoms with E-state index in [2.05, 4.69) is 51.8 Å². The van der Waals surface area contributed by atoms with Crippen LogP contribution < -0.4 is 5.73 Å². The molecule has 0 aliphatic carbocycles. The van der Waals surface area contributed by atoms with Crippen LogP contribution in [0.1, 0.15) is 12.0 Å². The predicted molar refractivity (Wildman–Crippen MR) is 75.8 cm³/mol. The molecule has 1 aliphatic rings. The fraction of sp³-hybridized carbons (Fsp3) is 0.500. The third-order valence-corrected chi connectivity index (χ3v) is 4.89. The van der Waals surface area contributed by atoms with Crippen molar-refractivity contribution in [2.75, 3.05) is 24.3 Å². The van der Waals surface area contributed by atoms with Crippen molar-refractivity contribution in [2.45, 2.75) is 19.0 Å². The highest BCUT2D eigenvalue weighted by atomic mass is 79.9. The first-order valence-corrected chi connectivity index (χ1v) is 7.43. The van der Waals surface area contributed by atoms with E-state index < -0.39 is 0 Å². The first-order chi connectivity index (χ1) is 7.66. The number of rotatable bonds is 3. The van der Waals surface area contributed by atoms with E-state index in [1.165, 1.54) is 23.5 Å². The van der Waals surface area contributed by atoms with E-state index >= 15 is 0 Å². The third-order valence-electron chi connectivity index (χ3n) is 3.02. The lowest BCUT2D eigenvalue weighted by Gasteiger charge is -2.23. The molecular weight excluding hydrogens is 284 g/mol. The summed E-state index contributed by atoms with van der Waals surface area (Å²) in [5, 5.41) is 0. The third kappa shape index (κ3) is 2.93. The average molecular weight is 301 g/mol. The maximum absolute atomic E-state index is 5.88. The largest absolute Gasteiger partial charge is 0.398 e. The van der Waals surface area contributed by atoms with Gasteiger partial charge in [-0.3, -0.25) is 4.90 Å². The smallest absolute Gasteiger partial charge is 0.0461 e. The summed E-state index contributed by atoms with van der Waals surface area (Å²) in [7, 11) is 2.20. The van der Waals surface area contributed by atoms with E-state index in [0.717, 1.165) is 22.7 Å². The van der Waals surface area contributed by atoms with E-state index in [9.17, 15) is 0 Å². The minimum Gasteiger partial charge on any atom is -0.398 e. The zero-order valence-electron chi connectivity index (χ0n) is 9.45. The molecule has 0 aromatic heterocycles. The molecule has 4 heteroatoms. The standard InChI is InChI=1S/C12H17BrN2S/c1-15(10-4-5-16-8-10)7-9-2-3-11(13)12(14)6-9/h2-3,6,10H,4-5,7-8,14H2,1H3. The number of hydrogen-bond donors (Lipinski definition) is 1. The first kappa shape index (κ1) is 12.3. The minimum absolute atomic E-state index is 0.731. The van der Waals surface area contributed by atoms with E-state index in [0.29, 0.717) is 0 Å². The summed E-state index contributed by atoms with van der Waals surface area (Å²) < 4.78 is 0.982. The van der Waals surface area contributed by atoms with Crippen LogP contribution in [-0.2, 0) is 6.54 Å². The van der Waals surface area contributed by atoms with Gasteiger partial charge in [-0.15, -0.1) is 0 Å². The highest BCUT2D eigenvalue weighted by molar-refractivity contribution is 9.10. The zero-order chi connectivity index (χ0) is 11.5. The Morgan fingerprint density at radius 3 is 3.00 bits per heavy atom. The number of hydrogen-bond acceptors (Lipinski definition) is 3. The molecule has 0 saturated carbocycles. The Morgan fingerprint density at radius 2 is 2.38 bits per heavy atom. The average Bonchev–Trinajstić information content (AvgIpc) is 2.77. The molecule has 0 spiro atoms. The van der Waals surface area contributed by atoms with Crippen molar-refractivity contribution < 1.29 is 0 Å². The van der Waals surface area contributed by atoms with Crippen LogP contribution in [0.4, 0.5) is 5.69 Å². The number of anilines is 1. The minimum atomic E-state index is 0.731. The number of nitrogens with two attached hydrogens (primary N) is 1. The van der Waals surface area contributed by atoms with Crippen LogP contribution in [-0.4, -0.2) is 29.5 Å². The molecule has 1 aliphatic heterocycles. The maximum Gasteiger partial charge on any atom is 0.0461 e. The van der Waals surface area contributed by atoms with Gasteiger partial charge >= 0.3 is 0 Å². The van der Waals surface area contributed by atoms with Crippen LogP contribution in [0.5, 0.6) is 0 Å². The molecule has 1 atom stereocenters. The Bertz CT molecular complexity index is 364. The Kier molecular flexibility index (Phi) is 4.16. The summed E-state index contributed by atoms with van der Waals surface area (Å²) in [6.45, 7) is 0.989. The molecule has 1 aromatic carbocycles. The van der Waals surface area contributed by atoms with Crippen molar-refractivity contribution >= 4 is 33.4 Å². The van der Waals surface area contributed by atoms with E-state index in [-0.39, 0.29) is 0 Å². The second-order valence-electron chi connectivity index (χ2n) is 4.29. The summed E-state index contributed by atoms with van der Waals surface area (Å²) in [5.74, 6) is 2.57. The fourth-order valence-corrected chi connectivity index (χ4v) is 3.52. The molecule has 0 amide bonds. The van der Waals surface area contributed by atoms with Gasteiger partial charge in [0.05, 0.1) is 0 Å². The fourth-order valence-electron chi connectivity index (χ4n) is 1.98. The molecule has 16 heavy (non-hydrogen) atoms. The summed E-state index contributed by atoms with van der Waals surface area (Å²) in [6.07, 6.45) is 1.31. The van der Waals surface area contributed by atoms with E-state index in [1.54, 1.807) is 0 Å². The molecule has 1 fully saturated rings. The first-order valence-electron chi connectivity index (χ1n) is 5.48. The van der Waals surface area contributed by atoms with Gasteiger partial charge in [0, 0.05) is 28.5 Å². The second-order valence-corrected chi connectivity index (χ2v) is 6.29. The van der Waals surface area contributed by atoms with E-state index in [4.69, 9.17) is 5.73 Å². The molecule has 0 radical (unpaired) electrons.